The lowest BCUT2D eigenvalue weighted by Gasteiger charge is -2.14. The minimum atomic E-state index is 0.942. The monoisotopic (exact) mass is 1930 g/mol. The van der Waals surface area contributed by atoms with E-state index in [1.54, 1.807) is 0 Å². The Kier molecular flexibility index (Phi) is 20.3. The van der Waals surface area contributed by atoms with Gasteiger partial charge in [0.05, 0.1) is 60.9 Å². The van der Waals surface area contributed by atoms with E-state index in [-0.39, 0.29) is 0 Å². The predicted molar refractivity (Wildman–Crippen MR) is 625 cm³/mol. The molecule has 146 heavy (non-hydrogen) atoms. The first-order valence-electron chi connectivity index (χ1n) is 49.4. The van der Waals surface area contributed by atoms with Crippen LogP contribution in [-0.2, 0) is 0 Å². The van der Waals surface area contributed by atoms with Crippen LogP contribution in [0.2, 0.25) is 0 Å². The van der Waals surface area contributed by atoms with Crippen molar-refractivity contribution in [2.75, 3.05) is 0 Å². The van der Waals surface area contributed by atoms with E-state index in [2.05, 4.69) is 513 Å². The van der Waals surface area contributed by atoms with Gasteiger partial charge in [0.1, 0.15) is 11.5 Å². The van der Waals surface area contributed by atoms with Crippen LogP contribution in [0.1, 0.15) is 0 Å². The average molecular weight is 1930 g/mol. The first-order valence-corrected chi connectivity index (χ1v) is 52.6. The number of aromatic nitrogens is 8. The Morgan fingerprint density at radius 3 is 0.904 bits per heavy atom. The number of pyridine rings is 1. The molecular formula is C134H84N8S4. The molecule has 21 aromatic carbocycles. The van der Waals surface area contributed by atoms with Gasteiger partial charge in [-0.05, 0) is 209 Å². The van der Waals surface area contributed by atoms with Crippen molar-refractivity contribution in [3.05, 3.63) is 510 Å². The second kappa shape index (κ2) is 34.9. The van der Waals surface area contributed by atoms with Gasteiger partial charge in [-0.3, -0.25) is 4.57 Å². The highest BCUT2D eigenvalue weighted by Crippen LogP contribution is 2.50. The summed E-state index contributed by atoms with van der Waals surface area (Å²) in [6.45, 7) is 0. The fourth-order valence-electron chi connectivity index (χ4n) is 22.6. The molecule has 0 radical (unpaired) electrons. The molecule has 11 aromatic heterocycles. The molecule has 11 heterocycles. The highest BCUT2D eigenvalue weighted by molar-refractivity contribution is 7.27. The first kappa shape index (κ1) is 84.7. The minimum absolute atomic E-state index is 0.942. The summed E-state index contributed by atoms with van der Waals surface area (Å²) in [6, 6.07) is 179. The summed E-state index contributed by atoms with van der Waals surface area (Å²) >= 11 is 7.49. The second-order valence-electron chi connectivity index (χ2n) is 37.3. The Balaban J connectivity index is 0.0000000925. The normalized spacial score (nSPS) is 11.8. The number of benzene rings is 21. The molecule has 0 aliphatic rings. The molecule has 0 bridgehead atoms. The molecule has 0 aliphatic heterocycles. The van der Waals surface area contributed by atoms with Gasteiger partial charge in [0.25, 0.3) is 0 Å². The number of fused-ring (bicyclic) bond motifs is 30. The molecule has 0 spiro atoms. The summed E-state index contributed by atoms with van der Waals surface area (Å²) in [5, 5.41) is 21.0. The Morgan fingerprint density at radius 2 is 0.486 bits per heavy atom. The van der Waals surface area contributed by atoms with Gasteiger partial charge in [0.15, 0.2) is 0 Å². The third kappa shape index (κ3) is 14.0. The van der Waals surface area contributed by atoms with E-state index < -0.39 is 0 Å². The number of nitrogens with zero attached hydrogens (tertiary/aromatic N) is 8. The summed E-state index contributed by atoms with van der Waals surface area (Å²) in [7, 11) is 0. The molecule has 0 atom stereocenters. The van der Waals surface area contributed by atoms with Crippen LogP contribution in [0.15, 0.2) is 510 Å². The van der Waals surface area contributed by atoms with E-state index >= 15 is 0 Å². The summed E-state index contributed by atoms with van der Waals surface area (Å²) < 4.78 is 24.8. The molecular weight excluding hydrogens is 1850 g/mol. The molecule has 32 aromatic rings. The van der Waals surface area contributed by atoms with E-state index in [4.69, 9.17) is 9.97 Å². The zero-order chi connectivity index (χ0) is 96.0. The van der Waals surface area contributed by atoms with Crippen LogP contribution >= 0.6 is 45.3 Å². The van der Waals surface area contributed by atoms with Crippen molar-refractivity contribution in [1.29, 1.82) is 0 Å². The maximum absolute atomic E-state index is 5.08. The lowest BCUT2D eigenvalue weighted by Crippen LogP contribution is -1.98. The minimum Gasteiger partial charge on any atom is -0.309 e. The predicted octanol–water partition coefficient (Wildman–Crippen LogP) is 37.9. The molecule has 0 unspecified atom stereocenters. The fraction of sp³-hybridized carbons (Fsp3) is 0. The van der Waals surface area contributed by atoms with Crippen LogP contribution in [0.3, 0.4) is 0 Å². The molecule has 32 rings (SSSR count). The van der Waals surface area contributed by atoms with Crippen molar-refractivity contribution < 1.29 is 0 Å². The summed E-state index contributed by atoms with van der Waals surface area (Å²) in [6.07, 6.45) is 4.13. The number of hydrogen-bond acceptors (Lipinski definition) is 6. The van der Waals surface area contributed by atoms with E-state index in [0.29, 0.717) is 0 Å². The van der Waals surface area contributed by atoms with E-state index in [9.17, 15) is 0 Å². The molecule has 0 fully saturated rings. The maximum Gasteiger partial charge on any atom is 0.145 e. The van der Waals surface area contributed by atoms with Crippen LogP contribution in [0.4, 0.5) is 0 Å². The molecule has 12 heteroatoms. The third-order valence-electron chi connectivity index (χ3n) is 29.0. The summed E-state index contributed by atoms with van der Waals surface area (Å²) in [5.41, 5.74) is 29.4. The van der Waals surface area contributed by atoms with Gasteiger partial charge in [-0.15, -0.1) is 45.3 Å². The molecule has 0 amide bonds. The standard InChI is InChI=1S/C37H23N3S.C36H23NS.C31H19N3S.C30H19NS/c1-2-10-25(11-3-1)40-32-16-8-6-14-30(32)38-37(40)24-18-20-26(21-19-24)39-31-15-7-4-12-27(31)28-22-23-34-35(36(28)39)29-13-5-9-17-33(29)41-34;1-3-11-24(12-4-1)26-21-27(25-13-5-2-6-14-25)23-28(22-26)37-32-17-9-7-15-29(32)30-19-20-34-35(36(30)37)31-16-8-10-18-33(31)38-34;1-3-9-26-22(7-1)23-16-17-28-30(24-8-2-4-10-27(24)35-28)31(23)34(26)21-14-12-20(13-15-21)25-19-33-18-6-5-11-29(33)32-25;1-2-9-20(10-3-1)21-11-8-12-22(19-21)31-26-15-6-4-13-23(26)24-17-18-28-29(30(24)31)25-14-5-7-16-27(25)32-28/h1-23H;1-23H;1-19H;1-19H. The van der Waals surface area contributed by atoms with Gasteiger partial charge >= 0.3 is 0 Å². The Labute approximate surface area is 854 Å². The largest absolute Gasteiger partial charge is 0.309 e. The van der Waals surface area contributed by atoms with Gasteiger partial charge in [-0.2, -0.15) is 0 Å². The Morgan fingerprint density at radius 1 is 0.171 bits per heavy atom. The lowest BCUT2D eigenvalue weighted by molar-refractivity contribution is 1.10. The molecule has 8 nitrogen and oxygen atoms in total. The molecule has 0 saturated heterocycles. The van der Waals surface area contributed by atoms with Crippen molar-refractivity contribution >= 4 is 230 Å². The third-order valence-corrected chi connectivity index (χ3v) is 33.6. The van der Waals surface area contributed by atoms with Gasteiger partial charge in [0, 0.05) is 176 Å². The fourth-order valence-corrected chi connectivity index (χ4v) is 27.0. The average Bonchev–Trinajstić information content (AvgIpc) is 1.57. The molecule has 0 aliphatic carbocycles. The van der Waals surface area contributed by atoms with Gasteiger partial charge in [-0.25, -0.2) is 9.97 Å². The number of hydrogen-bond donors (Lipinski definition) is 0. The second-order valence-corrected chi connectivity index (χ2v) is 41.7. The van der Waals surface area contributed by atoms with Gasteiger partial charge in [0.2, 0.25) is 0 Å². The van der Waals surface area contributed by atoms with Crippen molar-refractivity contribution in [2.24, 2.45) is 0 Å². The summed E-state index contributed by atoms with van der Waals surface area (Å²) in [4.78, 5) is 9.88. The van der Waals surface area contributed by atoms with E-state index in [1.165, 1.54) is 213 Å². The molecule has 684 valence electrons. The maximum atomic E-state index is 5.08. The van der Waals surface area contributed by atoms with Crippen molar-refractivity contribution in [1.82, 2.24) is 37.2 Å². The SMILES string of the molecule is c1ccc(-c2cc(-c3ccccc3)cc(-n3c4ccccc4c4ccc5sc6ccccc6c5c43)c2)cc1.c1ccc(-c2cccc(-n3c4ccccc4c4ccc5sc6ccccc6c5c43)c2)cc1.c1ccc(-n2c(-c3ccc(-n4c5ccccc5c5ccc6sc7ccccc7c6c54)cc3)nc3ccccc32)cc1.c1ccc2c(c1)sc1ccc3c4ccccc4n(-c4ccc(-c5cn6ccccc6n5)cc4)c3c12. The number of para-hydroxylation sites is 7. The van der Waals surface area contributed by atoms with Gasteiger partial charge < -0.3 is 22.7 Å². The topological polar surface area (TPSA) is 54.8 Å². The van der Waals surface area contributed by atoms with Crippen molar-refractivity contribution in [3.63, 3.8) is 0 Å². The quantitative estimate of drug-likeness (QED) is 0.137. The highest BCUT2D eigenvalue weighted by Gasteiger charge is 2.26. The number of thiophene rings is 4. The van der Waals surface area contributed by atoms with Crippen molar-refractivity contribution in [2.45, 2.75) is 0 Å². The number of imidazole rings is 2. The van der Waals surface area contributed by atoms with Crippen LogP contribution in [0.25, 0.3) is 269 Å². The zero-order valence-corrected chi connectivity index (χ0v) is 82.0. The van der Waals surface area contributed by atoms with Gasteiger partial charge in [-0.1, -0.05) is 322 Å². The molecule has 0 saturated carbocycles. The van der Waals surface area contributed by atoms with Crippen LogP contribution < -0.4 is 0 Å². The van der Waals surface area contributed by atoms with Crippen LogP contribution in [0.5, 0.6) is 0 Å². The van der Waals surface area contributed by atoms with Crippen molar-refractivity contribution in [3.8, 4) is 84.5 Å². The van der Waals surface area contributed by atoms with E-state index in [0.717, 1.165) is 56.4 Å². The van der Waals surface area contributed by atoms with E-state index in [1.807, 2.05) is 69.7 Å². The highest BCUT2D eigenvalue weighted by atomic mass is 32.1. The summed E-state index contributed by atoms with van der Waals surface area (Å²) in [5.74, 6) is 0.942. The van der Waals surface area contributed by atoms with Crippen LogP contribution in [-0.4, -0.2) is 37.2 Å². The zero-order valence-electron chi connectivity index (χ0n) is 78.7. The smallest absolute Gasteiger partial charge is 0.145 e. The molecule has 0 N–H and O–H groups in total. The lowest BCUT2D eigenvalue weighted by atomic mass is 9.98. The Bertz CT molecular complexity index is 10700. The Hall–Kier alpha value is -18.1. The number of rotatable bonds is 10. The van der Waals surface area contributed by atoms with Crippen LogP contribution in [0, 0.1) is 0 Å². The first-order chi connectivity index (χ1) is 72.4.